The molecule has 1 rings (SSSR count). The second kappa shape index (κ2) is 2.36. The Morgan fingerprint density at radius 1 is 1.30 bits per heavy atom. The molecule has 0 fully saturated rings. The van der Waals surface area contributed by atoms with E-state index in [4.69, 9.17) is 0 Å². The number of rotatable bonds is 0. The van der Waals surface area contributed by atoms with Crippen LogP contribution in [-0.4, -0.2) is 20.8 Å². The molecule has 0 bridgehead atoms. The Morgan fingerprint density at radius 3 is 2.30 bits per heavy atom. The molecule has 0 amide bonds. The van der Waals surface area contributed by atoms with E-state index in [0.717, 1.165) is 11.1 Å². The molecule has 1 aliphatic heterocycles. The zero-order chi connectivity index (χ0) is 7.78. The monoisotopic (exact) mass is 162 g/mol. The lowest BCUT2D eigenvalue weighted by Gasteiger charge is -2.14. The average molecular weight is 162 g/mol. The Morgan fingerprint density at radius 2 is 1.90 bits per heavy atom. The first kappa shape index (κ1) is 7.75. The van der Waals surface area contributed by atoms with Crippen LogP contribution in [-0.2, 0) is 14.3 Å². The standard InChI is InChI=1S/C6H10O3S/c1-5-3-9-10(7,8)4-6(5)2/h3-4H2,1-2H3. The summed E-state index contributed by atoms with van der Waals surface area (Å²) in [6.07, 6.45) is 0. The Balaban J connectivity index is 2.93. The second-order valence-electron chi connectivity index (χ2n) is 2.52. The lowest BCUT2D eigenvalue weighted by atomic mass is 10.2. The molecule has 1 aliphatic rings. The fourth-order valence-electron chi connectivity index (χ4n) is 0.731. The van der Waals surface area contributed by atoms with Crippen LogP contribution in [0.15, 0.2) is 11.1 Å². The summed E-state index contributed by atoms with van der Waals surface area (Å²) in [6, 6.07) is 0. The minimum Gasteiger partial charge on any atom is -0.265 e. The molecule has 0 saturated heterocycles. The van der Waals surface area contributed by atoms with Crippen molar-refractivity contribution in [2.24, 2.45) is 0 Å². The van der Waals surface area contributed by atoms with Crippen molar-refractivity contribution in [1.82, 2.24) is 0 Å². The summed E-state index contributed by atoms with van der Waals surface area (Å²) in [5.41, 5.74) is 1.93. The van der Waals surface area contributed by atoms with Gasteiger partial charge in [-0.2, -0.15) is 8.42 Å². The van der Waals surface area contributed by atoms with Crippen molar-refractivity contribution >= 4 is 10.1 Å². The molecule has 0 aromatic heterocycles. The molecular formula is C6H10O3S. The van der Waals surface area contributed by atoms with E-state index in [0.29, 0.717) is 0 Å². The quantitative estimate of drug-likeness (QED) is 0.388. The highest BCUT2D eigenvalue weighted by atomic mass is 32.2. The maximum absolute atomic E-state index is 10.8. The van der Waals surface area contributed by atoms with Gasteiger partial charge < -0.3 is 0 Å². The summed E-state index contributed by atoms with van der Waals surface area (Å²) in [4.78, 5) is 0. The molecule has 0 saturated carbocycles. The van der Waals surface area contributed by atoms with Gasteiger partial charge >= 0.3 is 0 Å². The van der Waals surface area contributed by atoms with Crippen LogP contribution in [0, 0.1) is 0 Å². The van der Waals surface area contributed by atoms with E-state index in [-0.39, 0.29) is 12.4 Å². The summed E-state index contributed by atoms with van der Waals surface area (Å²) in [6.45, 7) is 3.92. The van der Waals surface area contributed by atoms with Crippen LogP contribution >= 0.6 is 0 Å². The van der Waals surface area contributed by atoms with Crippen LogP contribution in [0.25, 0.3) is 0 Å². The maximum Gasteiger partial charge on any atom is 0.271 e. The first-order valence-electron chi connectivity index (χ1n) is 3.03. The third kappa shape index (κ3) is 1.58. The number of hydrogen-bond acceptors (Lipinski definition) is 3. The van der Waals surface area contributed by atoms with Crippen LogP contribution in [0.5, 0.6) is 0 Å². The van der Waals surface area contributed by atoms with Gasteiger partial charge in [-0.25, -0.2) is 0 Å². The molecule has 0 aromatic carbocycles. The average Bonchev–Trinajstić information content (AvgIpc) is 1.79. The summed E-state index contributed by atoms with van der Waals surface area (Å²) in [5.74, 6) is 0.0544. The first-order valence-corrected chi connectivity index (χ1v) is 4.61. The molecule has 0 atom stereocenters. The van der Waals surface area contributed by atoms with Crippen LogP contribution < -0.4 is 0 Å². The minimum atomic E-state index is -3.22. The van der Waals surface area contributed by atoms with Gasteiger partial charge in [-0.3, -0.25) is 4.18 Å². The number of hydrogen-bond donors (Lipinski definition) is 0. The van der Waals surface area contributed by atoms with Crippen LogP contribution in [0.1, 0.15) is 13.8 Å². The van der Waals surface area contributed by atoms with Gasteiger partial charge in [-0.15, -0.1) is 0 Å². The van der Waals surface area contributed by atoms with E-state index >= 15 is 0 Å². The van der Waals surface area contributed by atoms with Gasteiger partial charge in [0, 0.05) is 0 Å². The topological polar surface area (TPSA) is 43.4 Å². The zero-order valence-corrected chi connectivity index (χ0v) is 6.86. The maximum atomic E-state index is 10.8. The van der Waals surface area contributed by atoms with Crippen molar-refractivity contribution in [1.29, 1.82) is 0 Å². The fraction of sp³-hybridized carbons (Fsp3) is 0.667. The van der Waals surface area contributed by atoms with E-state index in [9.17, 15) is 8.42 Å². The molecule has 4 heteroatoms. The zero-order valence-electron chi connectivity index (χ0n) is 6.05. The largest absolute Gasteiger partial charge is 0.271 e. The van der Waals surface area contributed by atoms with Crippen molar-refractivity contribution < 1.29 is 12.6 Å². The molecule has 0 N–H and O–H groups in total. The van der Waals surface area contributed by atoms with Crippen molar-refractivity contribution in [2.45, 2.75) is 13.8 Å². The molecular weight excluding hydrogens is 152 g/mol. The fourth-order valence-corrected chi connectivity index (χ4v) is 1.95. The van der Waals surface area contributed by atoms with E-state index in [1.165, 1.54) is 0 Å². The molecule has 0 unspecified atom stereocenters. The van der Waals surface area contributed by atoms with Gasteiger partial charge in [0.2, 0.25) is 0 Å². The van der Waals surface area contributed by atoms with Gasteiger partial charge in [0.05, 0.1) is 12.4 Å². The van der Waals surface area contributed by atoms with Gasteiger partial charge in [0.25, 0.3) is 10.1 Å². The summed E-state index contributed by atoms with van der Waals surface area (Å²) >= 11 is 0. The van der Waals surface area contributed by atoms with Crippen LogP contribution in [0.4, 0.5) is 0 Å². The van der Waals surface area contributed by atoms with E-state index in [1.54, 1.807) is 0 Å². The van der Waals surface area contributed by atoms with E-state index in [2.05, 4.69) is 4.18 Å². The third-order valence-electron chi connectivity index (χ3n) is 1.58. The van der Waals surface area contributed by atoms with Crippen molar-refractivity contribution in [3.63, 3.8) is 0 Å². The first-order chi connectivity index (χ1) is 4.51. The highest BCUT2D eigenvalue weighted by molar-refractivity contribution is 7.86. The second-order valence-corrected chi connectivity index (χ2v) is 4.16. The Bertz CT molecular complexity index is 261. The van der Waals surface area contributed by atoms with E-state index in [1.807, 2.05) is 13.8 Å². The molecule has 10 heavy (non-hydrogen) atoms. The molecule has 1 heterocycles. The highest BCUT2D eigenvalue weighted by Gasteiger charge is 2.18. The Labute approximate surface area is 60.8 Å². The Hall–Kier alpha value is -0.350. The molecule has 0 aromatic rings. The van der Waals surface area contributed by atoms with Gasteiger partial charge in [-0.05, 0) is 19.4 Å². The van der Waals surface area contributed by atoms with Crippen molar-refractivity contribution in [3.8, 4) is 0 Å². The van der Waals surface area contributed by atoms with Gasteiger partial charge in [0.1, 0.15) is 0 Å². The predicted octanol–water partition coefficient (Wildman–Crippen LogP) is 0.683. The Kier molecular flexibility index (Phi) is 1.83. The lowest BCUT2D eigenvalue weighted by molar-refractivity contribution is 0.341. The smallest absolute Gasteiger partial charge is 0.265 e. The summed E-state index contributed by atoms with van der Waals surface area (Å²) in [7, 11) is -3.22. The predicted molar refractivity (Wildman–Crippen MR) is 38.1 cm³/mol. The summed E-state index contributed by atoms with van der Waals surface area (Å²) in [5, 5.41) is 0. The lowest BCUT2D eigenvalue weighted by Crippen LogP contribution is -2.19. The molecule has 0 radical (unpaired) electrons. The molecule has 0 aliphatic carbocycles. The van der Waals surface area contributed by atoms with Gasteiger partial charge in [-0.1, -0.05) is 5.57 Å². The molecule has 0 spiro atoms. The molecule has 3 nitrogen and oxygen atoms in total. The van der Waals surface area contributed by atoms with Gasteiger partial charge in [0.15, 0.2) is 0 Å². The third-order valence-corrected chi connectivity index (χ3v) is 2.84. The minimum absolute atomic E-state index is 0.0544. The summed E-state index contributed by atoms with van der Waals surface area (Å²) < 4.78 is 26.1. The SMILES string of the molecule is CC1=C(C)CS(=O)(=O)OC1. The van der Waals surface area contributed by atoms with Crippen molar-refractivity contribution in [2.75, 3.05) is 12.4 Å². The molecule has 58 valence electrons. The van der Waals surface area contributed by atoms with Crippen molar-refractivity contribution in [3.05, 3.63) is 11.1 Å². The highest BCUT2D eigenvalue weighted by Crippen LogP contribution is 2.14. The van der Waals surface area contributed by atoms with Crippen LogP contribution in [0.2, 0.25) is 0 Å². The van der Waals surface area contributed by atoms with E-state index < -0.39 is 10.1 Å². The van der Waals surface area contributed by atoms with Crippen LogP contribution in [0.3, 0.4) is 0 Å². The normalized spacial score (nSPS) is 25.0.